The van der Waals surface area contributed by atoms with Gasteiger partial charge in [0.15, 0.2) is 6.10 Å². The lowest BCUT2D eigenvalue weighted by atomic mass is 10.0. The van der Waals surface area contributed by atoms with Crippen molar-refractivity contribution in [3.05, 3.63) is 60.2 Å². The molecule has 22 heavy (non-hydrogen) atoms. The van der Waals surface area contributed by atoms with E-state index in [2.05, 4.69) is 5.32 Å². The molecule has 0 saturated carbocycles. The third-order valence-corrected chi connectivity index (χ3v) is 3.12. The first-order valence-electron chi connectivity index (χ1n) is 7.06. The summed E-state index contributed by atoms with van der Waals surface area (Å²) in [4.78, 5) is 11.5. The van der Waals surface area contributed by atoms with Crippen LogP contribution in [0.3, 0.4) is 0 Å². The number of carbonyl (C=O) groups excluding carboxylic acids is 1. The molecule has 3 N–H and O–H groups in total. The number of esters is 1. The van der Waals surface area contributed by atoms with E-state index in [-0.39, 0.29) is 6.61 Å². The van der Waals surface area contributed by atoms with E-state index in [0.29, 0.717) is 5.56 Å². The molecule has 0 fully saturated rings. The minimum Gasteiger partial charge on any atom is -0.464 e. The molecule has 0 amide bonds. The number of aliphatic hydroxyl groups excluding tert-OH is 2. The minimum absolute atomic E-state index is 0.151. The molecule has 2 rings (SSSR count). The normalized spacial score (nSPS) is 13.2. The molecule has 2 unspecified atom stereocenters. The van der Waals surface area contributed by atoms with Crippen molar-refractivity contribution in [2.45, 2.75) is 19.1 Å². The smallest absolute Gasteiger partial charge is 0.338 e. The number of hydrogen-bond acceptors (Lipinski definition) is 5. The Labute approximate surface area is 129 Å². The second-order valence-electron chi connectivity index (χ2n) is 4.76. The highest BCUT2D eigenvalue weighted by molar-refractivity contribution is 5.75. The average molecular weight is 301 g/mol. The van der Waals surface area contributed by atoms with E-state index in [4.69, 9.17) is 4.74 Å². The van der Waals surface area contributed by atoms with Gasteiger partial charge in [-0.2, -0.15) is 0 Å². The highest BCUT2D eigenvalue weighted by Crippen LogP contribution is 2.23. The van der Waals surface area contributed by atoms with Crippen LogP contribution in [0.5, 0.6) is 0 Å². The number of anilines is 2. The largest absolute Gasteiger partial charge is 0.464 e. The Morgan fingerprint density at radius 3 is 2.45 bits per heavy atom. The number of ether oxygens (including phenoxy) is 1. The molecule has 0 aliphatic carbocycles. The molecule has 0 bridgehead atoms. The molecule has 0 heterocycles. The van der Waals surface area contributed by atoms with E-state index in [0.717, 1.165) is 11.4 Å². The Bertz CT molecular complexity index is 615. The Balaban J connectivity index is 2.12. The summed E-state index contributed by atoms with van der Waals surface area (Å²) in [7, 11) is 0. The third-order valence-electron chi connectivity index (χ3n) is 3.12. The Kier molecular flexibility index (Phi) is 5.52. The van der Waals surface area contributed by atoms with Gasteiger partial charge in [0.05, 0.1) is 6.61 Å². The van der Waals surface area contributed by atoms with Gasteiger partial charge in [-0.25, -0.2) is 4.79 Å². The average Bonchev–Trinajstić information content (AvgIpc) is 2.55. The number of carbonyl (C=O) groups is 1. The highest BCUT2D eigenvalue weighted by atomic mass is 16.5. The van der Waals surface area contributed by atoms with Crippen LogP contribution in [-0.2, 0) is 9.53 Å². The van der Waals surface area contributed by atoms with E-state index in [9.17, 15) is 15.0 Å². The summed E-state index contributed by atoms with van der Waals surface area (Å²) in [6.45, 7) is 1.79. The standard InChI is InChI=1S/C17H19NO4/c1-2-22-17(21)16(20)15(19)12-7-6-10-14(11-12)18-13-8-4-3-5-9-13/h3-11,15-16,18-20H,2H2,1H3. The third kappa shape index (κ3) is 4.07. The second-order valence-corrected chi connectivity index (χ2v) is 4.76. The van der Waals surface area contributed by atoms with Gasteiger partial charge in [0.1, 0.15) is 6.10 Å². The Morgan fingerprint density at radius 1 is 1.09 bits per heavy atom. The summed E-state index contributed by atoms with van der Waals surface area (Å²) in [6.07, 6.45) is -2.94. The lowest BCUT2D eigenvalue weighted by Crippen LogP contribution is -2.29. The zero-order valence-corrected chi connectivity index (χ0v) is 12.3. The fourth-order valence-corrected chi connectivity index (χ4v) is 2.03. The molecular formula is C17H19NO4. The number of rotatable bonds is 6. The number of benzene rings is 2. The van der Waals surface area contributed by atoms with E-state index >= 15 is 0 Å². The zero-order chi connectivity index (χ0) is 15.9. The van der Waals surface area contributed by atoms with Crippen molar-refractivity contribution >= 4 is 17.3 Å². The molecule has 0 radical (unpaired) electrons. The van der Waals surface area contributed by atoms with Crippen molar-refractivity contribution in [2.75, 3.05) is 11.9 Å². The van der Waals surface area contributed by atoms with Crippen molar-refractivity contribution in [1.29, 1.82) is 0 Å². The predicted octanol–water partition coefficient (Wildman–Crippen LogP) is 2.39. The molecule has 0 aromatic heterocycles. The first kappa shape index (κ1) is 16.0. The molecule has 0 spiro atoms. The highest BCUT2D eigenvalue weighted by Gasteiger charge is 2.26. The topological polar surface area (TPSA) is 78.8 Å². The van der Waals surface area contributed by atoms with Gasteiger partial charge in [0.2, 0.25) is 0 Å². The summed E-state index contributed by atoms with van der Waals surface area (Å²) < 4.78 is 4.71. The van der Waals surface area contributed by atoms with Crippen molar-refractivity contribution < 1.29 is 19.7 Å². The van der Waals surface area contributed by atoms with E-state index in [1.54, 1.807) is 25.1 Å². The Morgan fingerprint density at radius 2 is 1.77 bits per heavy atom. The fourth-order valence-electron chi connectivity index (χ4n) is 2.03. The maximum absolute atomic E-state index is 11.5. The summed E-state index contributed by atoms with van der Waals surface area (Å²) in [6, 6.07) is 16.5. The minimum atomic E-state index is -1.60. The first-order chi connectivity index (χ1) is 10.6. The van der Waals surface area contributed by atoms with Crippen molar-refractivity contribution in [1.82, 2.24) is 0 Å². The summed E-state index contributed by atoms with van der Waals surface area (Å²) in [5.74, 6) is -0.837. The van der Waals surface area contributed by atoms with Crippen LogP contribution < -0.4 is 5.32 Å². The monoisotopic (exact) mass is 301 g/mol. The molecule has 0 aliphatic rings. The van der Waals surface area contributed by atoms with Gasteiger partial charge in [0.25, 0.3) is 0 Å². The number of hydrogen-bond donors (Lipinski definition) is 3. The van der Waals surface area contributed by atoms with Gasteiger partial charge in [-0.05, 0) is 36.8 Å². The molecule has 2 aromatic carbocycles. The second kappa shape index (κ2) is 7.59. The van der Waals surface area contributed by atoms with Gasteiger partial charge in [-0.1, -0.05) is 30.3 Å². The van der Waals surface area contributed by atoms with Crippen LogP contribution in [0.1, 0.15) is 18.6 Å². The first-order valence-corrected chi connectivity index (χ1v) is 7.06. The van der Waals surface area contributed by atoms with Gasteiger partial charge in [-0.15, -0.1) is 0 Å². The molecule has 116 valence electrons. The maximum atomic E-state index is 11.5. The van der Waals surface area contributed by atoms with Crippen LogP contribution in [0.2, 0.25) is 0 Å². The van der Waals surface area contributed by atoms with Crippen LogP contribution in [0, 0.1) is 0 Å². The van der Waals surface area contributed by atoms with Gasteiger partial charge >= 0.3 is 5.97 Å². The molecule has 0 aliphatic heterocycles. The lowest BCUT2D eigenvalue weighted by Gasteiger charge is -2.17. The van der Waals surface area contributed by atoms with Crippen molar-refractivity contribution in [2.24, 2.45) is 0 Å². The summed E-state index contributed by atoms with van der Waals surface area (Å²) in [5, 5.41) is 23.1. The van der Waals surface area contributed by atoms with Crippen LogP contribution >= 0.6 is 0 Å². The van der Waals surface area contributed by atoms with Crippen LogP contribution in [-0.4, -0.2) is 28.9 Å². The van der Waals surface area contributed by atoms with Crippen molar-refractivity contribution in [3.8, 4) is 0 Å². The van der Waals surface area contributed by atoms with Crippen molar-refractivity contribution in [3.63, 3.8) is 0 Å². The SMILES string of the molecule is CCOC(=O)C(O)C(O)c1cccc(Nc2ccccc2)c1. The molecule has 5 heteroatoms. The molecular weight excluding hydrogens is 282 g/mol. The Hall–Kier alpha value is -2.37. The van der Waals surface area contributed by atoms with Crippen LogP contribution in [0.15, 0.2) is 54.6 Å². The van der Waals surface area contributed by atoms with Crippen LogP contribution in [0.4, 0.5) is 11.4 Å². The zero-order valence-electron chi connectivity index (χ0n) is 12.3. The quantitative estimate of drug-likeness (QED) is 0.714. The lowest BCUT2D eigenvalue weighted by molar-refractivity contribution is -0.159. The molecule has 5 nitrogen and oxygen atoms in total. The summed E-state index contributed by atoms with van der Waals surface area (Å²) in [5.41, 5.74) is 2.08. The fraction of sp³-hybridized carbons (Fsp3) is 0.235. The maximum Gasteiger partial charge on any atom is 0.338 e. The number of aliphatic hydroxyl groups is 2. The van der Waals surface area contributed by atoms with Gasteiger partial charge in [-0.3, -0.25) is 0 Å². The number of para-hydroxylation sites is 1. The summed E-state index contributed by atoms with van der Waals surface area (Å²) >= 11 is 0. The molecule has 2 aromatic rings. The van der Waals surface area contributed by atoms with Gasteiger partial charge < -0.3 is 20.3 Å². The van der Waals surface area contributed by atoms with E-state index in [1.807, 2.05) is 36.4 Å². The molecule has 2 atom stereocenters. The number of nitrogens with one attached hydrogen (secondary N) is 1. The van der Waals surface area contributed by atoms with Gasteiger partial charge in [0, 0.05) is 11.4 Å². The van der Waals surface area contributed by atoms with Crippen LogP contribution in [0.25, 0.3) is 0 Å². The van der Waals surface area contributed by atoms with E-state index in [1.165, 1.54) is 0 Å². The van der Waals surface area contributed by atoms with E-state index < -0.39 is 18.2 Å². The molecule has 0 saturated heterocycles. The predicted molar refractivity (Wildman–Crippen MR) is 83.8 cm³/mol.